The number of rotatable bonds is 5. The van der Waals surface area contributed by atoms with Crippen molar-refractivity contribution in [1.82, 2.24) is 5.43 Å². The summed E-state index contributed by atoms with van der Waals surface area (Å²) in [5.41, 5.74) is 3.82. The number of hydrogen-bond acceptors (Lipinski definition) is 4. The summed E-state index contributed by atoms with van der Waals surface area (Å²) in [6.07, 6.45) is 1.55. The van der Waals surface area contributed by atoms with E-state index in [9.17, 15) is 14.0 Å². The summed E-state index contributed by atoms with van der Waals surface area (Å²) in [5, 5.41) is 3.87. The summed E-state index contributed by atoms with van der Waals surface area (Å²) < 4.78 is 17.9. The minimum atomic E-state index is -0.477. The molecule has 1 heterocycles. The molecule has 2 amide bonds. The minimum absolute atomic E-state index is 0.113. The van der Waals surface area contributed by atoms with Gasteiger partial charge in [0.05, 0.1) is 19.2 Å². The maximum Gasteiger partial charge on any atom is 0.245 e. The van der Waals surface area contributed by atoms with Crippen molar-refractivity contribution in [2.45, 2.75) is 6.42 Å². The molecule has 3 rings (SSSR count). The molecule has 1 saturated heterocycles. The third-order valence-electron chi connectivity index (χ3n) is 4.14. The van der Waals surface area contributed by atoms with Crippen LogP contribution >= 0.6 is 0 Å². The number of carbonyl (C=O) groups is 2. The summed E-state index contributed by atoms with van der Waals surface area (Å²) in [4.78, 5) is 26.0. The van der Waals surface area contributed by atoms with Crippen molar-refractivity contribution in [3.05, 3.63) is 59.9 Å². The normalized spacial score (nSPS) is 16.9. The average molecular weight is 355 g/mol. The molecule has 2 aromatic rings. The number of hydrogen-bond donors (Lipinski definition) is 1. The van der Waals surface area contributed by atoms with Gasteiger partial charge in [-0.15, -0.1) is 0 Å². The van der Waals surface area contributed by atoms with Crippen molar-refractivity contribution in [3.8, 4) is 5.75 Å². The van der Waals surface area contributed by atoms with Gasteiger partial charge in [0.2, 0.25) is 11.8 Å². The molecule has 0 unspecified atom stereocenters. The quantitative estimate of drug-likeness (QED) is 0.661. The second-order valence-electron chi connectivity index (χ2n) is 5.89. The largest absolute Gasteiger partial charge is 0.497 e. The van der Waals surface area contributed by atoms with Gasteiger partial charge in [0.15, 0.2) is 0 Å². The first-order valence-electron chi connectivity index (χ1n) is 8.09. The lowest BCUT2D eigenvalue weighted by Crippen LogP contribution is -2.30. The number of benzene rings is 2. The average Bonchev–Trinajstić information content (AvgIpc) is 3.05. The zero-order valence-corrected chi connectivity index (χ0v) is 14.2. The molecule has 0 bridgehead atoms. The van der Waals surface area contributed by atoms with Crippen molar-refractivity contribution < 1.29 is 18.7 Å². The molecule has 0 aromatic heterocycles. The predicted molar refractivity (Wildman–Crippen MR) is 95.6 cm³/mol. The first kappa shape index (κ1) is 17.6. The molecule has 1 atom stereocenters. The summed E-state index contributed by atoms with van der Waals surface area (Å²) in [7, 11) is 1.57. The van der Waals surface area contributed by atoms with Gasteiger partial charge in [-0.2, -0.15) is 5.10 Å². The third-order valence-corrected chi connectivity index (χ3v) is 4.14. The topological polar surface area (TPSA) is 71.0 Å². The molecule has 0 spiro atoms. The number of carbonyl (C=O) groups excluding carboxylic acids is 2. The van der Waals surface area contributed by atoms with E-state index in [0.29, 0.717) is 17.9 Å². The highest BCUT2D eigenvalue weighted by Gasteiger charge is 2.35. The summed E-state index contributed by atoms with van der Waals surface area (Å²) in [6, 6.07) is 12.8. The number of hydrazone groups is 1. The number of nitrogens with zero attached hydrogens (tertiary/aromatic N) is 2. The van der Waals surface area contributed by atoms with E-state index in [-0.39, 0.29) is 24.1 Å². The Morgan fingerprint density at radius 2 is 1.92 bits per heavy atom. The number of amides is 2. The highest BCUT2D eigenvalue weighted by atomic mass is 19.1. The Hall–Kier alpha value is -3.22. The van der Waals surface area contributed by atoms with Crippen molar-refractivity contribution in [2.24, 2.45) is 11.0 Å². The smallest absolute Gasteiger partial charge is 0.245 e. The van der Waals surface area contributed by atoms with E-state index in [4.69, 9.17) is 4.74 Å². The Kier molecular flexibility index (Phi) is 5.26. The number of methoxy groups -OCH3 is 1. The molecule has 0 aliphatic carbocycles. The molecule has 1 fully saturated rings. The molecule has 26 heavy (non-hydrogen) atoms. The fourth-order valence-corrected chi connectivity index (χ4v) is 2.71. The van der Waals surface area contributed by atoms with Gasteiger partial charge in [0.1, 0.15) is 11.6 Å². The fraction of sp³-hybridized carbons (Fsp3) is 0.211. The van der Waals surface area contributed by atoms with E-state index < -0.39 is 5.92 Å². The third kappa shape index (κ3) is 4.05. The number of halogens is 1. The van der Waals surface area contributed by atoms with Gasteiger partial charge in [-0.25, -0.2) is 9.82 Å². The number of nitrogens with one attached hydrogen (secondary N) is 1. The highest BCUT2D eigenvalue weighted by Crippen LogP contribution is 2.26. The molecule has 1 aliphatic heterocycles. The Bertz CT molecular complexity index is 819. The molecule has 0 radical (unpaired) electrons. The van der Waals surface area contributed by atoms with Crippen LogP contribution in [0.2, 0.25) is 0 Å². The Balaban J connectivity index is 1.58. The molecule has 134 valence electrons. The summed E-state index contributed by atoms with van der Waals surface area (Å²) in [6.45, 7) is 0.295. The van der Waals surface area contributed by atoms with Gasteiger partial charge in [-0.3, -0.25) is 9.59 Å². The van der Waals surface area contributed by atoms with Crippen molar-refractivity contribution in [2.75, 3.05) is 18.6 Å². The van der Waals surface area contributed by atoms with Crippen LogP contribution in [0.5, 0.6) is 5.75 Å². The lowest BCUT2D eigenvalue weighted by atomic mass is 10.1. The lowest BCUT2D eigenvalue weighted by Gasteiger charge is -2.16. The van der Waals surface area contributed by atoms with Crippen LogP contribution < -0.4 is 15.1 Å². The maximum absolute atomic E-state index is 12.8. The van der Waals surface area contributed by atoms with Crippen molar-refractivity contribution in [1.29, 1.82) is 0 Å². The highest BCUT2D eigenvalue weighted by molar-refractivity contribution is 6.00. The Labute approximate surface area is 150 Å². The van der Waals surface area contributed by atoms with Crippen LogP contribution in [0.4, 0.5) is 10.1 Å². The van der Waals surface area contributed by atoms with Crippen LogP contribution in [0, 0.1) is 11.7 Å². The van der Waals surface area contributed by atoms with E-state index in [0.717, 1.165) is 5.69 Å². The molecule has 1 N–H and O–H groups in total. The number of anilines is 1. The Morgan fingerprint density at radius 1 is 1.23 bits per heavy atom. The first-order chi connectivity index (χ1) is 12.6. The Morgan fingerprint density at radius 3 is 2.58 bits per heavy atom. The monoisotopic (exact) mass is 355 g/mol. The lowest BCUT2D eigenvalue weighted by molar-refractivity contribution is -0.126. The van der Waals surface area contributed by atoms with Crippen LogP contribution in [0.1, 0.15) is 12.0 Å². The van der Waals surface area contributed by atoms with Crippen LogP contribution in [0.15, 0.2) is 53.6 Å². The molecule has 6 nitrogen and oxygen atoms in total. The zero-order valence-electron chi connectivity index (χ0n) is 14.2. The van der Waals surface area contributed by atoms with Gasteiger partial charge in [-0.1, -0.05) is 12.1 Å². The predicted octanol–water partition coefficient (Wildman–Crippen LogP) is 2.34. The van der Waals surface area contributed by atoms with Gasteiger partial charge in [-0.05, 0) is 42.0 Å². The fourth-order valence-electron chi connectivity index (χ4n) is 2.71. The zero-order chi connectivity index (χ0) is 18.5. The van der Waals surface area contributed by atoms with Gasteiger partial charge in [0, 0.05) is 18.7 Å². The van der Waals surface area contributed by atoms with Crippen molar-refractivity contribution >= 4 is 23.7 Å². The van der Waals surface area contributed by atoms with Crippen LogP contribution in [-0.4, -0.2) is 31.7 Å². The van der Waals surface area contributed by atoms with E-state index >= 15 is 0 Å². The summed E-state index contributed by atoms with van der Waals surface area (Å²) in [5.74, 6) is -0.556. The molecule has 2 aromatic carbocycles. The second kappa shape index (κ2) is 7.77. The standard InChI is InChI=1S/C19H18FN3O3/c1-26-17-8-6-16(7-9-17)23-12-14(10-18(23)24)19(25)22-21-11-13-2-4-15(20)5-3-13/h2-9,11,14H,10,12H2,1H3,(H,22,25)/t14-/m0/s1. The van der Waals surface area contributed by atoms with E-state index in [1.54, 1.807) is 48.4 Å². The molecular formula is C19H18FN3O3. The second-order valence-corrected chi connectivity index (χ2v) is 5.89. The van der Waals surface area contributed by atoms with Gasteiger partial charge in [0.25, 0.3) is 0 Å². The van der Waals surface area contributed by atoms with Gasteiger partial charge >= 0.3 is 0 Å². The van der Waals surface area contributed by atoms with E-state index in [1.165, 1.54) is 18.3 Å². The van der Waals surface area contributed by atoms with E-state index in [2.05, 4.69) is 10.5 Å². The molecule has 1 aliphatic rings. The SMILES string of the molecule is COc1ccc(N2C[C@@H](C(=O)NN=Cc3ccc(F)cc3)CC2=O)cc1. The van der Waals surface area contributed by atoms with E-state index in [1.807, 2.05) is 0 Å². The molecular weight excluding hydrogens is 337 g/mol. The summed E-state index contributed by atoms with van der Waals surface area (Å²) >= 11 is 0. The molecule has 7 heteroatoms. The number of ether oxygens (including phenoxy) is 1. The first-order valence-corrected chi connectivity index (χ1v) is 8.09. The van der Waals surface area contributed by atoms with Crippen LogP contribution in [0.25, 0.3) is 0 Å². The minimum Gasteiger partial charge on any atom is -0.497 e. The van der Waals surface area contributed by atoms with Gasteiger partial charge < -0.3 is 9.64 Å². The van der Waals surface area contributed by atoms with Crippen LogP contribution in [-0.2, 0) is 9.59 Å². The maximum atomic E-state index is 12.8. The molecule has 0 saturated carbocycles. The van der Waals surface area contributed by atoms with Crippen LogP contribution in [0.3, 0.4) is 0 Å². The van der Waals surface area contributed by atoms with Crippen molar-refractivity contribution in [3.63, 3.8) is 0 Å².